The van der Waals surface area contributed by atoms with Crippen LogP contribution in [0.5, 0.6) is 0 Å². The SMILES string of the molecule is [Cl][U]([Cl])([Cl])([Cl])([Cl])[Cl]. The fraction of sp³-hybridized carbons (Fsp3) is 0. The second-order valence-corrected chi connectivity index (χ2v) is 89.9. The van der Waals surface area contributed by atoms with Crippen LogP contribution in [0.25, 0.3) is 0 Å². The molecule has 0 saturated heterocycles. The summed E-state index contributed by atoms with van der Waals surface area (Å²) in [6.45, 7) is 0. The van der Waals surface area contributed by atoms with Crippen molar-refractivity contribution in [3.63, 3.8) is 0 Å². The number of rotatable bonds is 0. The predicted octanol–water partition coefficient (Wildman–Crippen LogP) is 4.14. The van der Waals surface area contributed by atoms with Gasteiger partial charge in [-0.15, -0.1) is 0 Å². The molecule has 0 N–H and O–H groups in total. The Balaban J connectivity index is 4.43. The Morgan fingerprint density at radius 3 is 0.571 bits per heavy atom. The van der Waals surface area contributed by atoms with Gasteiger partial charge < -0.3 is 0 Å². The summed E-state index contributed by atoms with van der Waals surface area (Å²) in [5.41, 5.74) is 0. The summed E-state index contributed by atoms with van der Waals surface area (Å²) in [5, 5.41) is 0. The number of hydrogen-bond donors (Lipinski definition) is 0. The molecule has 0 spiro atoms. The predicted molar refractivity (Wildman–Crippen MR) is 35.1 cm³/mol. The Morgan fingerprint density at radius 1 is 0.571 bits per heavy atom. The topological polar surface area (TPSA) is 0 Å². The molecule has 0 amide bonds. The van der Waals surface area contributed by atoms with E-state index in [0.717, 1.165) is 0 Å². The molecular formula is Cl6U. The number of hydrogen-bond acceptors (Lipinski definition) is 0. The van der Waals surface area contributed by atoms with E-state index in [1.807, 2.05) is 0 Å². The molecule has 0 aliphatic carbocycles. The Morgan fingerprint density at radius 2 is 0.571 bits per heavy atom. The first-order valence-corrected chi connectivity index (χ1v) is 31.7. The van der Waals surface area contributed by atoms with Gasteiger partial charge in [0, 0.05) is 0 Å². The van der Waals surface area contributed by atoms with E-state index in [1.165, 1.54) is 0 Å². The summed E-state index contributed by atoms with van der Waals surface area (Å²) in [6, 6.07) is 0. The first-order chi connectivity index (χ1) is 2.45. The van der Waals surface area contributed by atoms with Crippen molar-refractivity contribution in [3.05, 3.63) is 0 Å². The standard InChI is InChI=1S/6ClH.U/h6*1H;/q;;;;;;+6/p-6. The van der Waals surface area contributed by atoms with Gasteiger partial charge in [-0.05, 0) is 0 Å². The summed E-state index contributed by atoms with van der Waals surface area (Å²) in [6.07, 6.45) is 0. The molecule has 0 aliphatic rings. The fourth-order valence-electron chi connectivity index (χ4n) is 0. The van der Waals surface area contributed by atoms with Gasteiger partial charge in [0.2, 0.25) is 0 Å². The molecule has 0 aromatic carbocycles. The van der Waals surface area contributed by atoms with Gasteiger partial charge >= 0.3 is 58.7 Å². The summed E-state index contributed by atoms with van der Waals surface area (Å²) in [5.74, 6) is 0. The monoisotopic (exact) mass is 448 g/mol. The number of halogens is 6. The van der Waals surface area contributed by atoms with E-state index in [2.05, 4.69) is 0 Å². The van der Waals surface area contributed by atoms with E-state index in [-0.39, 0.29) is 0 Å². The van der Waals surface area contributed by atoms with E-state index in [9.17, 15) is 0 Å². The zero-order valence-electron chi connectivity index (χ0n) is 2.77. The Kier molecular flexibility index (Phi) is 2.36. The van der Waals surface area contributed by atoms with Crippen molar-refractivity contribution in [1.82, 2.24) is 0 Å². The summed E-state index contributed by atoms with van der Waals surface area (Å²) < 4.78 is 0. The van der Waals surface area contributed by atoms with Crippen LogP contribution in [-0.4, -0.2) is 0 Å². The van der Waals surface area contributed by atoms with Crippen LogP contribution in [-0.2, 0) is 0 Å². The molecule has 0 radical (unpaired) electrons. The van der Waals surface area contributed by atoms with Crippen molar-refractivity contribution >= 4 is 45.7 Å². The summed E-state index contributed by atoms with van der Waals surface area (Å²) in [4.78, 5) is 0. The van der Waals surface area contributed by atoms with Crippen LogP contribution < -0.4 is 0 Å². The van der Waals surface area contributed by atoms with Gasteiger partial charge in [-0.1, -0.05) is 0 Å². The average Bonchev–Trinajstić information content (AvgIpc) is 0.592. The summed E-state index contributed by atoms with van der Waals surface area (Å²) in [7, 11) is 30.5. The van der Waals surface area contributed by atoms with Crippen molar-refractivity contribution in [3.8, 4) is 0 Å². The molecule has 0 atom stereocenters. The Bertz CT molecular complexity index is 62.7. The van der Waals surface area contributed by atoms with Crippen molar-refractivity contribution in [2.75, 3.05) is 0 Å². The van der Waals surface area contributed by atoms with Crippen LogP contribution in [0.15, 0.2) is 0 Å². The van der Waals surface area contributed by atoms with Gasteiger partial charge in [0.05, 0.1) is 0 Å². The van der Waals surface area contributed by atoms with Crippen molar-refractivity contribution in [2.24, 2.45) is 0 Å². The van der Waals surface area contributed by atoms with E-state index < -0.39 is 13.0 Å². The molecule has 7 heavy (non-hydrogen) atoms. The molecule has 7 heteroatoms. The molecule has 0 saturated carbocycles. The molecule has 0 aliphatic heterocycles. The van der Waals surface area contributed by atoms with E-state index >= 15 is 0 Å². The molecule has 46 valence electrons. The van der Waals surface area contributed by atoms with Gasteiger partial charge in [0.25, 0.3) is 0 Å². The Hall–Kier alpha value is 2.79. The molecule has 0 fully saturated rings. The second kappa shape index (κ2) is 1.69. The Labute approximate surface area is 57.3 Å². The van der Waals surface area contributed by atoms with E-state index in [1.54, 1.807) is 0 Å². The molecule has 0 heterocycles. The molecular weight excluding hydrogens is 451 g/mol. The third-order valence-electron chi connectivity index (χ3n) is 0. The maximum atomic E-state index is 5.08. The minimum absolute atomic E-state index is 5.08. The van der Waals surface area contributed by atoms with E-state index in [4.69, 9.17) is 45.7 Å². The molecule has 0 aromatic rings. The summed E-state index contributed by atoms with van der Waals surface area (Å²) >= 11 is -5.61. The molecule has 0 bridgehead atoms. The molecule has 0 nitrogen and oxygen atoms in total. The molecule has 0 unspecified atom stereocenters. The third kappa shape index (κ3) is 52.0. The zero-order chi connectivity index (χ0) is 6.41. The first kappa shape index (κ1) is 9.79. The van der Waals surface area contributed by atoms with Crippen LogP contribution in [0.4, 0.5) is 0 Å². The minimum atomic E-state index is -5.61. The normalized spacial score (nSPS) is 23.1. The molecule has 0 aromatic heterocycles. The average molecular weight is 451 g/mol. The van der Waals surface area contributed by atoms with Gasteiger partial charge in [0.1, 0.15) is 0 Å². The molecule has 0 rings (SSSR count). The quantitative estimate of drug-likeness (QED) is 0.520. The zero-order valence-corrected chi connectivity index (χ0v) is 11.5. The van der Waals surface area contributed by atoms with Crippen LogP contribution in [0, 0.1) is 13.0 Å². The van der Waals surface area contributed by atoms with Crippen LogP contribution >= 0.6 is 45.7 Å². The van der Waals surface area contributed by atoms with Gasteiger partial charge in [-0.3, -0.25) is 0 Å². The van der Waals surface area contributed by atoms with Crippen LogP contribution in [0.2, 0.25) is 0 Å². The van der Waals surface area contributed by atoms with Crippen LogP contribution in [0.1, 0.15) is 0 Å². The fourth-order valence-corrected chi connectivity index (χ4v) is 0. The van der Waals surface area contributed by atoms with E-state index in [0.29, 0.717) is 0 Å². The third-order valence-corrected chi connectivity index (χ3v) is 0. The van der Waals surface area contributed by atoms with Crippen molar-refractivity contribution in [2.45, 2.75) is 0 Å². The van der Waals surface area contributed by atoms with Crippen LogP contribution in [0.3, 0.4) is 0 Å². The maximum absolute atomic E-state index is 5.61. The van der Waals surface area contributed by atoms with Gasteiger partial charge in [-0.2, -0.15) is 0 Å². The second-order valence-electron chi connectivity index (χ2n) is 1.07. The van der Waals surface area contributed by atoms with Gasteiger partial charge in [0.15, 0.2) is 0 Å². The van der Waals surface area contributed by atoms with Crippen molar-refractivity contribution < 1.29 is 13.0 Å². The van der Waals surface area contributed by atoms with Gasteiger partial charge in [-0.25, -0.2) is 0 Å². The first-order valence-electron chi connectivity index (χ1n) is 1.13. The van der Waals surface area contributed by atoms with Crippen molar-refractivity contribution in [1.29, 1.82) is 0 Å².